The Morgan fingerprint density at radius 2 is 1.91 bits per heavy atom. The lowest BCUT2D eigenvalue weighted by molar-refractivity contribution is 0.0955. The molecule has 1 heterocycles. The molecule has 3 rings (SSSR count). The first-order valence-electron chi connectivity index (χ1n) is 7.10. The largest absolute Gasteiger partial charge is 0.352 e. The number of rotatable bonds is 4. The second-order valence-corrected chi connectivity index (χ2v) is 5.02. The van der Waals surface area contributed by atoms with E-state index < -0.39 is 0 Å². The second kappa shape index (κ2) is 6.35. The number of halogens is 1. The van der Waals surface area contributed by atoms with E-state index in [0.717, 1.165) is 10.9 Å². The van der Waals surface area contributed by atoms with Gasteiger partial charge in [0.25, 0.3) is 5.91 Å². The van der Waals surface area contributed by atoms with Gasteiger partial charge in [0.1, 0.15) is 5.82 Å². The van der Waals surface area contributed by atoms with Crippen LogP contribution in [-0.2, 0) is 6.42 Å². The van der Waals surface area contributed by atoms with Crippen LogP contribution in [0.3, 0.4) is 0 Å². The Hall–Kier alpha value is -2.75. The quantitative estimate of drug-likeness (QED) is 0.802. The highest BCUT2D eigenvalue weighted by Crippen LogP contribution is 2.15. The van der Waals surface area contributed by atoms with Gasteiger partial charge in [0.05, 0.1) is 11.1 Å². The lowest BCUT2D eigenvalue weighted by Gasteiger charge is -2.07. The molecule has 0 aliphatic heterocycles. The normalized spacial score (nSPS) is 10.6. The van der Waals surface area contributed by atoms with Gasteiger partial charge in [0.15, 0.2) is 0 Å². The van der Waals surface area contributed by atoms with Gasteiger partial charge < -0.3 is 5.32 Å². The summed E-state index contributed by atoms with van der Waals surface area (Å²) in [5, 5.41) is 3.79. The monoisotopic (exact) mass is 294 g/mol. The van der Waals surface area contributed by atoms with Crippen LogP contribution >= 0.6 is 0 Å². The maximum atomic E-state index is 13.1. The van der Waals surface area contributed by atoms with Gasteiger partial charge in [-0.15, -0.1) is 0 Å². The molecule has 0 aliphatic rings. The number of aromatic nitrogens is 1. The molecule has 0 saturated heterocycles. The zero-order valence-electron chi connectivity index (χ0n) is 11.9. The summed E-state index contributed by atoms with van der Waals surface area (Å²) in [5.74, 6) is -0.428. The van der Waals surface area contributed by atoms with Crippen LogP contribution < -0.4 is 5.32 Å². The fourth-order valence-corrected chi connectivity index (χ4v) is 2.40. The Kier molecular flexibility index (Phi) is 4.10. The molecular weight excluding hydrogens is 279 g/mol. The van der Waals surface area contributed by atoms with Crippen LogP contribution in [0.1, 0.15) is 15.9 Å². The molecule has 110 valence electrons. The summed E-state index contributed by atoms with van der Waals surface area (Å²) in [6.07, 6.45) is 2.26. The van der Waals surface area contributed by atoms with E-state index in [0.29, 0.717) is 24.0 Å². The molecule has 0 atom stereocenters. The Bertz CT molecular complexity index is 812. The molecule has 0 bridgehead atoms. The highest BCUT2D eigenvalue weighted by molar-refractivity contribution is 6.05. The third-order valence-corrected chi connectivity index (χ3v) is 3.47. The van der Waals surface area contributed by atoms with E-state index in [2.05, 4.69) is 10.3 Å². The van der Waals surface area contributed by atoms with Crippen LogP contribution in [-0.4, -0.2) is 17.4 Å². The van der Waals surface area contributed by atoms with Crippen LogP contribution in [0.15, 0.2) is 60.8 Å². The molecule has 0 radical (unpaired) electrons. The van der Waals surface area contributed by atoms with E-state index in [1.165, 1.54) is 12.1 Å². The molecule has 0 aliphatic carbocycles. The highest BCUT2D eigenvalue weighted by atomic mass is 19.1. The molecule has 0 fully saturated rings. The number of nitrogens with zero attached hydrogens (tertiary/aromatic N) is 1. The molecule has 22 heavy (non-hydrogen) atoms. The predicted octanol–water partition coefficient (Wildman–Crippen LogP) is 3.35. The first-order chi connectivity index (χ1) is 10.7. The summed E-state index contributed by atoms with van der Waals surface area (Å²) in [5.41, 5.74) is 2.10. The van der Waals surface area contributed by atoms with Crippen molar-refractivity contribution in [2.75, 3.05) is 6.54 Å². The number of fused-ring (bicyclic) bond motifs is 1. The van der Waals surface area contributed by atoms with Crippen molar-refractivity contribution in [3.63, 3.8) is 0 Å². The van der Waals surface area contributed by atoms with Gasteiger partial charge in [-0.25, -0.2) is 4.39 Å². The molecule has 3 nitrogen and oxygen atoms in total. The maximum Gasteiger partial charge on any atom is 0.253 e. The number of hydrogen-bond acceptors (Lipinski definition) is 2. The van der Waals surface area contributed by atoms with Gasteiger partial charge in [-0.1, -0.05) is 30.3 Å². The van der Waals surface area contributed by atoms with Crippen molar-refractivity contribution in [1.29, 1.82) is 0 Å². The van der Waals surface area contributed by atoms with E-state index >= 15 is 0 Å². The summed E-state index contributed by atoms with van der Waals surface area (Å²) in [6, 6.07) is 15.7. The molecule has 2 aromatic carbocycles. The number of carbonyl (C=O) groups excluding carboxylic acids is 1. The lowest BCUT2D eigenvalue weighted by Crippen LogP contribution is -2.26. The van der Waals surface area contributed by atoms with Crippen molar-refractivity contribution in [2.45, 2.75) is 6.42 Å². The van der Waals surface area contributed by atoms with E-state index in [4.69, 9.17) is 0 Å². The molecule has 1 amide bonds. The van der Waals surface area contributed by atoms with E-state index in [1.807, 2.05) is 30.3 Å². The fraction of sp³-hybridized carbons (Fsp3) is 0.111. The number of nitrogens with one attached hydrogen (secondary N) is 1. The third-order valence-electron chi connectivity index (χ3n) is 3.47. The zero-order valence-corrected chi connectivity index (χ0v) is 11.9. The third kappa shape index (κ3) is 3.11. The number of carbonyl (C=O) groups is 1. The predicted molar refractivity (Wildman–Crippen MR) is 84.2 cm³/mol. The summed E-state index contributed by atoms with van der Waals surface area (Å²) in [6.45, 7) is 0.450. The summed E-state index contributed by atoms with van der Waals surface area (Å²) < 4.78 is 13.1. The van der Waals surface area contributed by atoms with Crippen LogP contribution in [0.4, 0.5) is 4.39 Å². The van der Waals surface area contributed by atoms with E-state index in [9.17, 15) is 9.18 Å². The molecule has 0 unspecified atom stereocenters. The molecule has 3 aromatic rings. The van der Waals surface area contributed by atoms with Crippen molar-refractivity contribution in [2.24, 2.45) is 0 Å². The zero-order chi connectivity index (χ0) is 15.4. The van der Waals surface area contributed by atoms with Gasteiger partial charge in [0.2, 0.25) is 0 Å². The van der Waals surface area contributed by atoms with Crippen molar-refractivity contribution >= 4 is 16.8 Å². The smallest absolute Gasteiger partial charge is 0.253 e. The fourth-order valence-electron chi connectivity index (χ4n) is 2.40. The first kappa shape index (κ1) is 14.2. The number of pyridine rings is 1. The number of benzene rings is 2. The van der Waals surface area contributed by atoms with Gasteiger partial charge in [0, 0.05) is 18.1 Å². The standard InChI is InChI=1S/C18H15FN2O/c19-15-7-1-4-13(12-15)9-11-21-18(22)16-8-2-5-14-6-3-10-20-17(14)16/h1-8,10,12H,9,11H2,(H,21,22). The van der Waals surface area contributed by atoms with Gasteiger partial charge in [-0.3, -0.25) is 9.78 Å². The minimum absolute atomic E-state index is 0.166. The summed E-state index contributed by atoms with van der Waals surface area (Å²) >= 11 is 0. The topological polar surface area (TPSA) is 42.0 Å². The molecule has 1 N–H and O–H groups in total. The Balaban J connectivity index is 1.69. The van der Waals surface area contributed by atoms with Crippen LogP contribution in [0.5, 0.6) is 0 Å². The molecule has 0 spiro atoms. The van der Waals surface area contributed by atoms with Crippen LogP contribution in [0.25, 0.3) is 10.9 Å². The van der Waals surface area contributed by atoms with Gasteiger partial charge in [-0.2, -0.15) is 0 Å². The Morgan fingerprint density at radius 1 is 1.09 bits per heavy atom. The molecule has 4 heteroatoms. The average Bonchev–Trinajstić information content (AvgIpc) is 2.54. The Morgan fingerprint density at radius 3 is 2.77 bits per heavy atom. The van der Waals surface area contributed by atoms with Crippen molar-refractivity contribution in [3.8, 4) is 0 Å². The second-order valence-electron chi connectivity index (χ2n) is 5.02. The molecule has 1 aromatic heterocycles. The minimum atomic E-state index is -0.262. The summed E-state index contributed by atoms with van der Waals surface area (Å²) in [7, 11) is 0. The van der Waals surface area contributed by atoms with Gasteiger partial charge >= 0.3 is 0 Å². The van der Waals surface area contributed by atoms with Crippen LogP contribution in [0, 0.1) is 5.82 Å². The molecular formula is C18H15FN2O. The lowest BCUT2D eigenvalue weighted by atomic mass is 10.1. The minimum Gasteiger partial charge on any atom is -0.352 e. The van der Waals surface area contributed by atoms with E-state index in [-0.39, 0.29) is 11.7 Å². The van der Waals surface area contributed by atoms with E-state index in [1.54, 1.807) is 18.3 Å². The summed E-state index contributed by atoms with van der Waals surface area (Å²) in [4.78, 5) is 16.6. The van der Waals surface area contributed by atoms with Gasteiger partial charge in [-0.05, 0) is 36.2 Å². The Labute approximate surface area is 127 Å². The molecule has 0 saturated carbocycles. The van der Waals surface area contributed by atoms with Crippen molar-refractivity contribution in [3.05, 3.63) is 77.7 Å². The number of para-hydroxylation sites is 1. The number of amides is 1. The SMILES string of the molecule is O=C(NCCc1cccc(F)c1)c1cccc2cccnc12. The highest BCUT2D eigenvalue weighted by Gasteiger charge is 2.10. The number of hydrogen-bond donors (Lipinski definition) is 1. The van der Waals surface area contributed by atoms with Crippen molar-refractivity contribution < 1.29 is 9.18 Å². The first-order valence-corrected chi connectivity index (χ1v) is 7.10. The van der Waals surface area contributed by atoms with Crippen LogP contribution in [0.2, 0.25) is 0 Å². The maximum absolute atomic E-state index is 13.1. The average molecular weight is 294 g/mol. The van der Waals surface area contributed by atoms with Crippen molar-refractivity contribution in [1.82, 2.24) is 10.3 Å².